The third-order valence-corrected chi connectivity index (χ3v) is 3.72. The molecule has 0 N–H and O–H groups in total. The summed E-state index contributed by atoms with van der Waals surface area (Å²) in [5, 5.41) is 13.6. The molecule has 132 valence electrons. The van der Waals surface area contributed by atoms with Gasteiger partial charge in [0.1, 0.15) is 17.8 Å². The minimum absolute atomic E-state index is 0.204. The molecule has 8 nitrogen and oxygen atoms in total. The van der Waals surface area contributed by atoms with Gasteiger partial charge in [-0.3, -0.25) is 15.1 Å². The van der Waals surface area contributed by atoms with E-state index in [4.69, 9.17) is 9.47 Å². The van der Waals surface area contributed by atoms with E-state index in [2.05, 4.69) is 15.0 Å². The fraction of sp³-hybridized carbons (Fsp3) is 0. The van der Waals surface area contributed by atoms with Crippen molar-refractivity contribution in [3.05, 3.63) is 83.4 Å². The largest absolute Gasteiger partial charge is 0.433 e. The van der Waals surface area contributed by atoms with Crippen molar-refractivity contribution in [2.24, 2.45) is 0 Å². The van der Waals surface area contributed by atoms with E-state index in [-0.39, 0.29) is 11.8 Å². The number of nitrogens with zero attached hydrogens (tertiary/aromatic N) is 4. The maximum absolute atomic E-state index is 11.6. The summed E-state index contributed by atoms with van der Waals surface area (Å²) in [6.07, 6.45) is 4.14. The van der Waals surface area contributed by atoms with Gasteiger partial charge in [0, 0.05) is 6.20 Å². The van der Waals surface area contributed by atoms with Gasteiger partial charge in [0.05, 0.1) is 11.1 Å². The van der Waals surface area contributed by atoms with Gasteiger partial charge in [-0.2, -0.15) is 9.97 Å². The molecule has 0 spiro atoms. The molecule has 4 rings (SSSR count). The highest BCUT2D eigenvalue weighted by Gasteiger charge is 2.27. The van der Waals surface area contributed by atoms with Crippen molar-refractivity contribution in [3.63, 3.8) is 0 Å². The van der Waals surface area contributed by atoms with Crippen LogP contribution < -0.4 is 9.47 Å². The van der Waals surface area contributed by atoms with E-state index < -0.39 is 10.6 Å². The van der Waals surface area contributed by atoms with Gasteiger partial charge in [-0.1, -0.05) is 30.3 Å². The van der Waals surface area contributed by atoms with E-state index in [0.717, 1.165) is 17.1 Å². The van der Waals surface area contributed by atoms with Crippen LogP contribution in [0.4, 0.5) is 5.69 Å². The average molecular weight is 360 g/mol. The maximum atomic E-state index is 11.6. The van der Waals surface area contributed by atoms with Crippen molar-refractivity contribution in [3.8, 4) is 23.3 Å². The fourth-order valence-electron chi connectivity index (χ4n) is 2.51. The molecule has 0 aliphatic carbocycles. The maximum Gasteiger partial charge on any atom is 0.393 e. The van der Waals surface area contributed by atoms with Crippen molar-refractivity contribution in [1.29, 1.82) is 0 Å². The second-order valence-electron chi connectivity index (χ2n) is 5.49. The van der Waals surface area contributed by atoms with Crippen molar-refractivity contribution in [2.45, 2.75) is 0 Å². The molecule has 0 fully saturated rings. The van der Waals surface area contributed by atoms with E-state index >= 15 is 0 Å². The van der Waals surface area contributed by atoms with Crippen molar-refractivity contribution >= 4 is 16.5 Å². The number of rotatable bonds is 5. The minimum Gasteiger partial charge on any atom is -0.433 e. The average Bonchev–Trinajstić information content (AvgIpc) is 2.68. The zero-order valence-electron chi connectivity index (χ0n) is 13.9. The molecule has 27 heavy (non-hydrogen) atoms. The monoisotopic (exact) mass is 360 g/mol. The molecular weight excluding hydrogens is 348 g/mol. The van der Waals surface area contributed by atoms with Crippen LogP contribution >= 0.6 is 0 Å². The Morgan fingerprint density at radius 3 is 2.30 bits per heavy atom. The quantitative estimate of drug-likeness (QED) is 0.381. The first-order chi connectivity index (χ1) is 13.2. The zero-order valence-corrected chi connectivity index (χ0v) is 13.9. The number of ether oxygens (including phenoxy) is 2. The van der Waals surface area contributed by atoms with Crippen LogP contribution in [-0.4, -0.2) is 19.9 Å². The van der Waals surface area contributed by atoms with Crippen molar-refractivity contribution in [2.75, 3.05) is 0 Å². The predicted molar refractivity (Wildman–Crippen MR) is 97.0 cm³/mol. The Kier molecular flexibility index (Phi) is 4.28. The molecule has 0 aliphatic heterocycles. The van der Waals surface area contributed by atoms with Crippen molar-refractivity contribution < 1.29 is 14.4 Å². The van der Waals surface area contributed by atoms with Crippen LogP contribution in [0.1, 0.15) is 0 Å². The summed E-state index contributed by atoms with van der Waals surface area (Å²) in [4.78, 5) is 22.6. The first-order valence-electron chi connectivity index (χ1n) is 7.94. The summed E-state index contributed by atoms with van der Waals surface area (Å²) in [5.41, 5.74) is -0.463. The van der Waals surface area contributed by atoms with E-state index in [1.165, 1.54) is 6.20 Å². The predicted octanol–water partition coefficient (Wildman–Crippen LogP) is 4.52. The summed E-state index contributed by atoms with van der Waals surface area (Å²) < 4.78 is 11.2. The Hall–Kier alpha value is -4.07. The number of fused-ring (bicyclic) bond motifs is 1. The van der Waals surface area contributed by atoms with Gasteiger partial charge in [0.15, 0.2) is 0 Å². The third-order valence-electron chi connectivity index (χ3n) is 3.72. The van der Waals surface area contributed by atoms with Gasteiger partial charge in [0.25, 0.3) is 0 Å². The molecule has 0 amide bonds. The van der Waals surface area contributed by atoms with Crippen LogP contribution in [0.25, 0.3) is 10.8 Å². The minimum atomic E-state index is -0.637. The standard InChI is InChI=1S/C19H12N4O4/c24-23(25)17-18(21-12-22-19(17)27-16-6-3-9-20-11-16)26-15-8-7-13-4-1-2-5-14(13)10-15/h1-12H. The molecule has 2 aromatic heterocycles. The van der Waals surface area contributed by atoms with Gasteiger partial charge in [-0.05, 0) is 35.0 Å². The molecule has 0 atom stereocenters. The van der Waals surface area contributed by atoms with Gasteiger partial charge < -0.3 is 9.47 Å². The molecule has 0 saturated carbocycles. The molecular formula is C19H12N4O4. The van der Waals surface area contributed by atoms with Crippen LogP contribution in [0.15, 0.2) is 73.3 Å². The lowest BCUT2D eigenvalue weighted by atomic mass is 10.1. The van der Waals surface area contributed by atoms with Crippen LogP contribution in [0, 0.1) is 10.1 Å². The molecule has 2 heterocycles. The van der Waals surface area contributed by atoms with Crippen LogP contribution in [0.2, 0.25) is 0 Å². The fourth-order valence-corrected chi connectivity index (χ4v) is 2.51. The second-order valence-corrected chi connectivity index (χ2v) is 5.49. The first kappa shape index (κ1) is 16.4. The summed E-state index contributed by atoms with van der Waals surface area (Å²) in [6.45, 7) is 0. The van der Waals surface area contributed by atoms with Gasteiger partial charge in [0.2, 0.25) is 0 Å². The second kappa shape index (κ2) is 7.04. The Bertz CT molecular complexity index is 1120. The van der Waals surface area contributed by atoms with Gasteiger partial charge in [-0.25, -0.2) is 0 Å². The summed E-state index contributed by atoms with van der Waals surface area (Å²) >= 11 is 0. The summed E-state index contributed by atoms with van der Waals surface area (Å²) in [5.74, 6) is 0.307. The number of aromatic nitrogens is 3. The van der Waals surface area contributed by atoms with E-state index in [1.807, 2.05) is 30.3 Å². The molecule has 8 heteroatoms. The lowest BCUT2D eigenvalue weighted by Crippen LogP contribution is -2.01. The highest BCUT2D eigenvalue weighted by molar-refractivity contribution is 5.83. The molecule has 0 aliphatic rings. The Morgan fingerprint density at radius 1 is 0.852 bits per heavy atom. The summed E-state index contributed by atoms with van der Waals surface area (Å²) in [6, 6.07) is 16.3. The molecule has 0 saturated heterocycles. The van der Waals surface area contributed by atoms with E-state index in [1.54, 1.807) is 30.5 Å². The van der Waals surface area contributed by atoms with Crippen LogP contribution in [-0.2, 0) is 0 Å². The van der Waals surface area contributed by atoms with Crippen LogP contribution in [0.3, 0.4) is 0 Å². The number of pyridine rings is 1. The van der Waals surface area contributed by atoms with Crippen LogP contribution in [0.5, 0.6) is 23.3 Å². The number of benzene rings is 2. The zero-order chi connectivity index (χ0) is 18.6. The lowest BCUT2D eigenvalue weighted by molar-refractivity contribution is -0.387. The van der Waals surface area contributed by atoms with Gasteiger partial charge in [-0.15, -0.1) is 0 Å². The third kappa shape index (κ3) is 3.49. The van der Waals surface area contributed by atoms with E-state index in [0.29, 0.717) is 11.5 Å². The lowest BCUT2D eigenvalue weighted by Gasteiger charge is -2.09. The first-order valence-corrected chi connectivity index (χ1v) is 7.94. The Labute approximate surface area is 153 Å². The Morgan fingerprint density at radius 2 is 1.59 bits per heavy atom. The molecule has 0 bridgehead atoms. The molecule has 2 aromatic carbocycles. The topological polar surface area (TPSA) is 100 Å². The van der Waals surface area contributed by atoms with Gasteiger partial charge >= 0.3 is 17.4 Å². The highest BCUT2D eigenvalue weighted by Crippen LogP contribution is 2.37. The number of nitro groups is 1. The SMILES string of the molecule is O=[N+]([O-])c1c(Oc2cccnc2)ncnc1Oc1ccc2ccccc2c1. The smallest absolute Gasteiger partial charge is 0.393 e. The molecule has 4 aromatic rings. The number of hydrogen-bond acceptors (Lipinski definition) is 7. The normalized spacial score (nSPS) is 10.5. The summed E-state index contributed by atoms with van der Waals surface area (Å²) in [7, 11) is 0. The molecule has 0 unspecified atom stereocenters. The van der Waals surface area contributed by atoms with E-state index in [9.17, 15) is 10.1 Å². The van der Waals surface area contributed by atoms with Crippen molar-refractivity contribution in [1.82, 2.24) is 15.0 Å². The molecule has 0 radical (unpaired) electrons. The Balaban J connectivity index is 1.71. The highest BCUT2D eigenvalue weighted by atomic mass is 16.6. The number of hydrogen-bond donors (Lipinski definition) is 0.